The number of aromatic nitrogens is 3. The molecule has 2 aromatic carbocycles. The lowest BCUT2D eigenvalue weighted by molar-refractivity contribution is -0.114. The van der Waals surface area contributed by atoms with Crippen molar-refractivity contribution in [3.63, 3.8) is 0 Å². The van der Waals surface area contributed by atoms with Gasteiger partial charge >= 0.3 is 0 Å². The number of anilines is 3. The molecule has 0 saturated carbocycles. The fourth-order valence-electron chi connectivity index (χ4n) is 3.05. The monoisotopic (exact) mass is 469 g/mol. The number of aryl methyl sites for hydroxylation is 1. The third kappa shape index (κ3) is 4.93. The maximum atomic E-state index is 14.4. The van der Waals surface area contributed by atoms with Gasteiger partial charge in [-0.1, -0.05) is 0 Å². The molecule has 9 nitrogen and oxygen atoms in total. The van der Waals surface area contributed by atoms with Gasteiger partial charge in [0, 0.05) is 29.8 Å². The van der Waals surface area contributed by atoms with Gasteiger partial charge in [0.2, 0.25) is 5.91 Å². The van der Waals surface area contributed by atoms with Gasteiger partial charge in [0.05, 0.1) is 24.0 Å². The second-order valence-corrected chi connectivity index (χ2v) is 7.96. The Hall–Kier alpha value is -3.99. The van der Waals surface area contributed by atoms with Crippen LogP contribution in [0.1, 0.15) is 18.2 Å². The molecule has 3 N–H and O–H groups in total. The summed E-state index contributed by atoms with van der Waals surface area (Å²) >= 11 is 1.30. The third-order valence-electron chi connectivity index (χ3n) is 4.67. The first kappa shape index (κ1) is 22.2. The van der Waals surface area contributed by atoms with Crippen molar-refractivity contribution < 1.29 is 23.8 Å². The van der Waals surface area contributed by atoms with Gasteiger partial charge in [-0.15, -0.1) is 11.3 Å². The summed E-state index contributed by atoms with van der Waals surface area (Å²) in [6.07, 6.45) is 1.34. The Balaban J connectivity index is 1.61. The molecule has 0 aliphatic heterocycles. The molecule has 33 heavy (non-hydrogen) atoms. The van der Waals surface area contributed by atoms with E-state index in [1.807, 2.05) is 0 Å². The van der Waals surface area contributed by atoms with Crippen molar-refractivity contribution in [1.82, 2.24) is 15.0 Å². The van der Waals surface area contributed by atoms with E-state index >= 15 is 0 Å². The number of nitrogens with zero attached hydrogens (tertiary/aromatic N) is 3. The number of carbonyl (C=O) groups excluding carboxylic acids is 1. The van der Waals surface area contributed by atoms with Crippen molar-refractivity contribution in [2.24, 2.45) is 0 Å². The number of carbonyl (C=O) groups is 1. The highest BCUT2D eigenvalue weighted by Gasteiger charge is 2.15. The Bertz CT molecular complexity index is 1340. The van der Waals surface area contributed by atoms with Gasteiger partial charge in [-0.2, -0.15) is 0 Å². The summed E-state index contributed by atoms with van der Waals surface area (Å²) in [6, 6.07) is 5.91. The largest absolute Gasteiger partial charge is 0.508 e. The zero-order valence-corrected chi connectivity index (χ0v) is 18.8. The fourth-order valence-corrected chi connectivity index (χ4v) is 3.79. The lowest BCUT2D eigenvalue weighted by atomic mass is 10.1. The van der Waals surface area contributed by atoms with E-state index in [-0.39, 0.29) is 24.0 Å². The van der Waals surface area contributed by atoms with E-state index in [4.69, 9.17) is 9.47 Å². The van der Waals surface area contributed by atoms with Crippen molar-refractivity contribution >= 4 is 44.8 Å². The summed E-state index contributed by atoms with van der Waals surface area (Å²) in [6.45, 7) is 3.18. The van der Waals surface area contributed by atoms with Crippen LogP contribution < -0.4 is 20.1 Å². The molecule has 1 amide bonds. The van der Waals surface area contributed by atoms with Crippen LogP contribution in [0.3, 0.4) is 0 Å². The number of rotatable bonds is 7. The minimum atomic E-state index is -0.522. The molecule has 0 atom stereocenters. The Labute approximate surface area is 192 Å². The van der Waals surface area contributed by atoms with Crippen molar-refractivity contribution in [2.45, 2.75) is 20.5 Å². The van der Waals surface area contributed by atoms with Crippen molar-refractivity contribution in [1.29, 1.82) is 0 Å². The lowest BCUT2D eigenvalue weighted by Crippen LogP contribution is -2.05. The summed E-state index contributed by atoms with van der Waals surface area (Å²) < 4.78 is 25.7. The second-order valence-electron chi connectivity index (χ2n) is 7.10. The van der Waals surface area contributed by atoms with Crippen LogP contribution in [0.2, 0.25) is 0 Å². The van der Waals surface area contributed by atoms with Crippen LogP contribution in [0.15, 0.2) is 36.0 Å². The minimum Gasteiger partial charge on any atom is -0.508 e. The predicted molar refractivity (Wildman–Crippen MR) is 123 cm³/mol. The number of aromatic hydroxyl groups is 1. The zero-order valence-electron chi connectivity index (χ0n) is 18.0. The number of phenolic OH excluding ortho intramolecular Hbond substituents is 1. The van der Waals surface area contributed by atoms with Crippen molar-refractivity contribution in [2.75, 3.05) is 17.7 Å². The number of methoxy groups -OCH3 is 1. The van der Waals surface area contributed by atoms with Crippen molar-refractivity contribution in [3.05, 3.63) is 53.0 Å². The van der Waals surface area contributed by atoms with Gasteiger partial charge in [-0.05, 0) is 24.6 Å². The van der Waals surface area contributed by atoms with Gasteiger partial charge in [-0.3, -0.25) is 4.79 Å². The smallest absolute Gasteiger partial charge is 0.223 e. The molecule has 0 unspecified atom stereocenters. The molecule has 2 aromatic heterocycles. The van der Waals surface area contributed by atoms with E-state index in [2.05, 4.69) is 25.6 Å². The molecular weight excluding hydrogens is 449 g/mol. The van der Waals surface area contributed by atoms with Crippen LogP contribution in [0.25, 0.3) is 10.9 Å². The molecule has 2 heterocycles. The van der Waals surface area contributed by atoms with Crippen LogP contribution >= 0.6 is 11.3 Å². The molecule has 11 heteroatoms. The summed E-state index contributed by atoms with van der Waals surface area (Å²) in [5, 5.41) is 18.3. The molecule has 4 aromatic rings. The number of ether oxygens (including phenoxy) is 2. The summed E-state index contributed by atoms with van der Waals surface area (Å²) in [5.41, 5.74) is 1.69. The van der Waals surface area contributed by atoms with Gasteiger partial charge in [0.25, 0.3) is 0 Å². The van der Waals surface area contributed by atoms with Crippen LogP contribution in [0.5, 0.6) is 17.2 Å². The predicted octanol–water partition coefficient (Wildman–Crippen LogP) is 4.53. The third-order valence-corrected chi connectivity index (χ3v) is 5.48. The number of thiazole rings is 1. The second kappa shape index (κ2) is 9.25. The number of fused-ring (bicyclic) bond motifs is 1. The molecule has 0 bridgehead atoms. The van der Waals surface area contributed by atoms with Gasteiger partial charge in [0.1, 0.15) is 30.3 Å². The lowest BCUT2D eigenvalue weighted by Gasteiger charge is -2.14. The number of nitrogens with one attached hydrogen (secondary N) is 2. The van der Waals surface area contributed by atoms with E-state index in [1.165, 1.54) is 43.8 Å². The minimum absolute atomic E-state index is 0.0331. The zero-order chi connectivity index (χ0) is 23.5. The number of benzene rings is 2. The highest BCUT2D eigenvalue weighted by atomic mass is 32.1. The Morgan fingerprint density at radius 2 is 2.03 bits per heavy atom. The molecular formula is C22H20FN5O4S. The quantitative estimate of drug-likeness (QED) is 0.361. The molecule has 0 aliphatic rings. The molecule has 170 valence electrons. The molecule has 0 fully saturated rings. The van der Waals surface area contributed by atoms with E-state index < -0.39 is 5.82 Å². The number of hydrogen-bond donors (Lipinski definition) is 3. The first-order valence-electron chi connectivity index (χ1n) is 9.77. The standard InChI is InChI=1S/C22H20FN5O4S/c1-11-4-15(23)17(6-18(11)30)28-21-14-5-19(31-3)20(7-16(14)24-10-25-21)32-8-13-9-33-22(27-13)26-12(2)29/h4-7,9-10,30H,8H2,1-3H3,(H,24,25,28)(H,26,27,29). The number of amides is 1. The number of hydrogen-bond acceptors (Lipinski definition) is 9. The molecule has 0 aliphatic carbocycles. The first-order chi connectivity index (χ1) is 15.8. The summed E-state index contributed by atoms with van der Waals surface area (Å²) in [5.74, 6) is 0.442. The maximum Gasteiger partial charge on any atom is 0.223 e. The fraction of sp³-hybridized carbons (Fsp3) is 0.182. The summed E-state index contributed by atoms with van der Waals surface area (Å²) in [7, 11) is 1.50. The highest BCUT2D eigenvalue weighted by Crippen LogP contribution is 2.36. The molecule has 0 radical (unpaired) electrons. The summed E-state index contributed by atoms with van der Waals surface area (Å²) in [4.78, 5) is 23.9. The Morgan fingerprint density at radius 3 is 2.79 bits per heavy atom. The SMILES string of the molecule is COc1cc2c(Nc3cc(O)c(C)cc3F)ncnc2cc1OCc1csc(NC(C)=O)n1. The number of phenols is 1. The van der Waals surface area contributed by atoms with Gasteiger partial charge in [-0.25, -0.2) is 19.3 Å². The van der Waals surface area contributed by atoms with Crippen LogP contribution in [0, 0.1) is 12.7 Å². The normalized spacial score (nSPS) is 10.8. The number of halogens is 1. The van der Waals surface area contributed by atoms with E-state index in [0.29, 0.717) is 44.6 Å². The molecule has 0 spiro atoms. The van der Waals surface area contributed by atoms with Crippen LogP contribution in [-0.4, -0.2) is 33.1 Å². The van der Waals surface area contributed by atoms with Crippen LogP contribution in [-0.2, 0) is 11.4 Å². The topological polar surface area (TPSA) is 118 Å². The Morgan fingerprint density at radius 1 is 1.21 bits per heavy atom. The maximum absolute atomic E-state index is 14.4. The van der Waals surface area contributed by atoms with Crippen molar-refractivity contribution in [3.8, 4) is 17.2 Å². The first-order valence-corrected chi connectivity index (χ1v) is 10.7. The van der Waals surface area contributed by atoms with Gasteiger partial charge in [0.15, 0.2) is 16.6 Å². The van der Waals surface area contributed by atoms with E-state index in [1.54, 1.807) is 24.4 Å². The average Bonchev–Trinajstić information content (AvgIpc) is 3.22. The Kier molecular flexibility index (Phi) is 6.22. The molecule has 4 rings (SSSR count). The highest BCUT2D eigenvalue weighted by molar-refractivity contribution is 7.13. The molecule has 0 saturated heterocycles. The average molecular weight is 469 g/mol. The van der Waals surface area contributed by atoms with Gasteiger partial charge < -0.3 is 25.2 Å². The van der Waals surface area contributed by atoms with E-state index in [0.717, 1.165) is 0 Å². The van der Waals surface area contributed by atoms with E-state index in [9.17, 15) is 14.3 Å². The van der Waals surface area contributed by atoms with Crippen LogP contribution in [0.4, 0.5) is 21.0 Å².